The SMILES string of the molecule is O=C1CCCC2OC3CCCC(=O)C3CC12. The molecule has 1 aliphatic heterocycles. The zero-order valence-corrected chi connectivity index (χ0v) is 9.48. The molecule has 1 heterocycles. The summed E-state index contributed by atoms with van der Waals surface area (Å²) >= 11 is 0. The van der Waals surface area contributed by atoms with Gasteiger partial charge in [0.25, 0.3) is 0 Å². The van der Waals surface area contributed by atoms with Crippen molar-refractivity contribution in [2.45, 2.75) is 57.2 Å². The van der Waals surface area contributed by atoms with Crippen LogP contribution in [0.1, 0.15) is 44.9 Å². The minimum absolute atomic E-state index is 0.0250. The van der Waals surface area contributed by atoms with Gasteiger partial charge < -0.3 is 4.74 Å². The molecule has 2 saturated carbocycles. The van der Waals surface area contributed by atoms with Gasteiger partial charge in [-0.15, -0.1) is 0 Å². The van der Waals surface area contributed by atoms with Gasteiger partial charge in [0.1, 0.15) is 11.6 Å². The molecule has 16 heavy (non-hydrogen) atoms. The fourth-order valence-electron chi connectivity index (χ4n) is 3.53. The quantitative estimate of drug-likeness (QED) is 0.628. The summed E-state index contributed by atoms with van der Waals surface area (Å²) in [5, 5.41) is 0. The van der Waals surface area contributed by atoms with Crippen LogP contribution < -0.4 is 0 Å². The molecular formula is C13H18O3. The van der Waals surface area contributed by atoms with E-state index < -0.39 is 0 Å². The molecule has 0 bridgehead atoms. The van der Waals surface area contributed by atoms with E-state index in [0.29, 0.717) is 24.4 Å². The topological polar surface area (TPSA) is 43.4 Å². The molecule has 0 amide bonds. The lowest BCUT2D eigenvalue weighted by molar-refractivity contribution is -0.166. The summed E-state index contributed by atoms with van der Waals surface area (Å²) in [6, 6.07) is 0. The van der Waals surface area contributed by atoms with E-state index in [4.69, 9.17) is 4.74 Å². The van der Waals surface area contributed by atoms with Crippen LogP contribution >= 0.6 is 0 Å². The lowest BCUT2D eigenvalue weighted by atomic mass is 9.71. The molecule has 3 heteroatoms. The van der Waals surface area contributed by atoms with Crippen LogP contribution in [0, 0.1) is 11.8 Å². The Bertz CT molecular complexity index is 293. The number of carbonyl (C=O) groups excluding carboxylic acids is 2. The fourth-order valence-corrected chi connectivity index (χ4v) is 3.53. The van der Waals surface area contributed by atoms with Gasteiger partial charge in [0.2, 0.25) is 0 Å². The van der Waals surface area contributed by atoms with E-state index in [1.54, 1.807) is 0 Å². The summed E-state index contributed by atoms with van der Waals surface area (Å²) in [6.07, 6.45) is 6.33. The average Bonchev–Trinajstić information content (AvgIpc) is 2.28. The Balaban J connectivity index is 1.79. The van der Waals surface area contributed by atoms with Gasteiger partial charge in [-0.3, -0.25) is 9.59 Å². The minimum atomic E-state index is 0.0250. The largest absolute Gasteiger partial charge is 0.373 e. The second kappa shape index (κ2) is 3.95. The normalized spacial score (nSPS) is 43.8. The molecule has 3 rings (SSSR count). The number of carbonyl (C=O) groups is 2. The molecule has 0 spiro atoms. The number of ketones is 2. The molecule has 4 atom stereocenters. The monoisotopic (exact) mass is 222 g/mol. The molecule has 3 nitrogen and oxygen atoms in total. The predicted octanol–water partition coefficient (Wildman–Crippen LogP) is 1.88. The molecule has 0 radical (unpaired) electrons. The summed E-state index contributed by atoms with van der Waals surface area (Å²) in [5.74, 6) is 0.704. The van der Waals surface area contributed by atoms with E-state index in [9.17, 15) is 9.59 Å². The van der Waals surface area contributed by atoms with Gasteiger partial charge in [0, 0.05) is 24.7 Å². The van der Waals surface area contributed by atoms with Crippen LogP contribution in [0.2, 0.25) is 0 Å². The molecule has 88 valence electrons. The van der Waals surface area contributed by atoms with Gasteiger partial charge in [-0.25, -0.2) is 0 Å². The molecule has 4 unspecified atom stereocenters. The highest BCUT2D eigenvalue weighted by Gasteiger charge is 2.45. The molecule has 0 aromatic rings. The molecule has 1 saturated heterocycles. The van der Waals surface area contributed by atoms with Crippen LogP contribution in [0.15, 0.2) is 0 Å². The maximum atomic E-state index is 11.8. The van der Waals surface area contributed by atoms with E-state index >= 15 is 0 Å². The third-order valence-electron chi connectivity index (χ3n) is 4.41. The fraction of sp³-hybridized carbons (Fsp3) is 0.846. The molecule has 3 fully saturated rings. The van der Waals surface area contributed by atoms with Gasteiger partial charge in [0.05, 0.1) is 12.2 Å². The first-order valence-electron chi connectivity index (χ1n) is 6.46. The Morgan fingerprint density at radius 2 is 1.38 bits per heavy atom. The molecule has 3 aliphatic rings. The van der Waals surface area contributed by atoms with Crippen LogP contribution in [-0.4, -0.2) is 23.8 Å². The average molecular weight is 222 g/mol. The van der Waals surface area contributed by atoms with Crippen molar-refractivity contribution in [1.82, 2.24) is 0 Å². The lowest BCUT2D eigenvalue weighted by Crippen LogP contribution is -2.49. The molecule has 2 aliphatic carbocycles. The Morgan fingerprint density at radius 3 is 1.88 bits per heavy atom. The molecule has 0 aromatic heterocycles. The smallest absolute Gasteiger partial charge is 0.138 e. The van der Waals surface area contributed by atoms with Crippen molar-refractivity contribution in [2.24, 2.45) is 11.8 Å². The zero-order chi connectivity index (χ0) is 11.1. The number of fused-ring (bicyclic) bond motifs is 2. The predicted molar refractivity (Wildman–Crippen MR) is 58.0 cm³/mol. The second-order valence-electron chi connectivity index (χ2n) is 5.38. The number of Topliss-reactive ketones (excluding diaryl/α,β-unsaturated/α-hetero) is 2. The second-order valence-corrected chi connectivity index (χ2v) is 5.38. The van der Waals surface area contributed by atoms with Gasteiger partial charge >= 0.3 is 0 Å². The van der Waals surface area contributed by atoms with E-state index in [-0.39, 0.29) is 24.0 Å². The van der Waals surface area contributed by atoms with Gasteiger partial charge in [0.15, 0.2) is 0 Å². The third-order valence-corrected chi connectivity index (χ3v) is 4.41. The standard InChI is InChI=1S/C13H18O3/c14-10-3-1-5-12-8(10)7-9-11(15)4-2-6-13(9)16-12/h8-9,12-13H,1-7H2. The van der Waals surface area contributed by atoms with Crippen LogP contribution in [0.25, 0.3) is 0 Å². The third kappa shape index (κ3) is 1.61. The van der Waals surface area contributed by atoms with Gasteiger partial charge in [-0.1, -0.05) is 0 Å². The van der Waals surface area contributed by atoms with E-state index in [2.05, 4.69) is 0 Å². The summed E-state index contributed by atoms with van der Waals surface area (Å²) < 4.78 is 5.99. The Kier molecular flexibility index (Phi) is 2.58. The maximum Gasteiger partial charge on any atom is 0.138 e. The number of hydrogen-bond acceptors (Lipinski definition) is 3. The van der Waals surface area contributed by atoms with Crippen LogP contribution in [0.5, 0.6) is 0 Å². The van der Waals surface area contributed by atoms with Crippen molar-refractivity contribution in [1.29, 1.82) is 0 Å². The summed E-state index contributed by atoms with van der Waals surface area (Å²) in [5.41, 5.74) is 0. The maximum absolute atomic E-state index is 11.8. The Labute approximate surface area is 95.5 Å². The summed E-state index contributed by atoms with van der Waals surface area (Å²) in [7, 11) is 0. The minimum Gasteiger partial charge on any atom is -0.373 e. The first-order chi connectivity index (χ1) is 7.75. The van der Waals surface area contributed by atoms with Gasteiger partial charge in [-0.05, 0) is 32.1 Å². The van der Waals surface area contributed by atoms with Crippen molar-refractivity contribution >= 4 is 11.6 Å². The lowest BCUT2D eigenvalue weighted by Gasteiger charge is -2.44. The van der Waals surface area contributed by atoms with E-state index in [1.165, 1.54) is 0 Å². The molecule has 0 aromatic carbocycles. The first-order valence-corrected chi connectivity index (χ1v) is 6.46. The van der Waals surface area contributed by atoms with Crippen molar-refractivity contribution in [3.63, 3.8) is 0 Å². The van der Waals surface area contributed by atoms with Crippen molar-refractivity contribution in [3.8, 4) is 0 Å². The van der Waals surface area contributed by atoms with Crippen molar-refractivity contribution in [3.05, 3.63) is 0 Å². The summed E-state index contributed by atoms with van der Waals surface area (Å²) in [6.45, 7) is 0. The van der Waals surface area contributed by atoms with Crippen LogP contribution in [-0.2, 0) is 14.3 Å². The number of ether oxygens (including phenoxy) is 1. The summed E-state index contributed by atoms with van der Waals surface area (Å²) in [4.78, 5) is 23.6. The first kappa shape index (κ1) is 10.5. The van der Waals surface area contributed by atoms with Gasteiger partial charge in [-0.2, -0.15) is 0 Å². The molecular weight excluding hydrogens is 204 g/mol. The van der Waals surface area contributed by atoms with Crippen molar-refractivity contribution in [2.75, 3.05) is 0 Å². The highest BCUT2D eigenvalue weighted by atomic mass is 16.5. The Morgan fingerprint density at radius 1 is 0.875 bits per heavy atom. The highest BCUT2D eigenvalue weighted by molar-refractivity contribution is 5.86. The van der Waals surface area contributed by atoms with E-state index in [0.717, 1.165) is 32.1 Å². The zero-order valence-electron chi connectivity index (χ0n) is 9.48. The van der Waals surface area contributed by atoms with Crippen LogP contribution in [0.3, 0.4) is 0 Å². The van der Waals surface area contributed by atoms with Crippen LogP contribution in [0.4, 0.5) is 0 Å². The molecule has 0 N–H and O–H groups in total. The Hall–Kier alpha value is -0.700. The highest BCUT2D eigenvalue weighted by Crippen LogP contribution is 2.41. The number of hydrogen-bond donors (Lipinski definition) is 0. The van der Waals surface area contributed by atoms with Crippen molar-refractivity contribution < 1.29 is 14.3 Å². The number of rotatable bonds is 0. The van der Waals surface area contributed by atoms with E-state index in [1.807, 2.05) is 0 Å².